The number of pyridine rings is 1. The van der Waals surface area contributed by atoms with E-state index < -0.39 is 11.9 Å². The Morgan fingerprint density at radius 1 is 1.14 bits per heavy atom. The van der Waals surface area contributed by atoms with E-state index in [1.54, 1.807) is 30.6 Å². The number of aromatic nitrogens is 3. The molecule has 28 heavy (non-hydrogen) atoms. The fraction of sp³-hybridized carbons (Fsp3) is 0.389. The van der Waals surface area contributed by atoms with Gasteiger partial charge in [0.25, 0.3) is 0 Å². The number of nitrogens with zero attached hydrogens (tertiary/aromatic N) is 5. The number of hydrogen-bond acceptors (Lipinski definition) is 7. The van der Waals surface area contributed by atoms with E-state index in [1.165, 1.54) is 6.20 Å². The normalized spacial score (nSPS) is 15.8. The van der Waals surface area contributed by atoms with Crippen molar-refractivity contribution >= 4 is 35.1 Å². The first-order valence-electron chi connectivity index (χ1n) is 8.90. The van der Waals surface area contributed by atoms with Gasteiger partial charge in [0, 0.05) is 51.5 Å². The Morgan fingerprint density at radius 2 is 1.86 bits per heavy atom. The number of halogens is 1. The molecule has 1 amide bonds. The van der Waals surface area contributed by atoms with Crippen molar-refractivity contribution in [3.8, 4) is 0 Å². The molecule has 0 radical (unpaired) electrons. The Balaban J connectivity index is 1.50. The molecule has 2 N–H and O–H groups in total. The summed E-state index contributed by atoms with van der Waals surface area (Å²) in [6.45, 7) is 3.10. The first-order chi connectivity index (χ1) is 13.5. The molecule has 0 saturated carbocycles. The van der Waals surface area contributed by atoms with Gasteiger partial charge in [-0.3, -0.25) is 14.5 Å². The maximum absolute atomic E-state index is 12.2. The van der Waals surface area contributed by atoms with Gasteiger partial charge in [-0.25, -0.2) is 15.0 Å². The van der Waals surface area contributed by atoms with Crippen LogP contribution in [0.3, 0.4) is 0 Å². The summed E-state index contributed by atoms with van der Waals surface area (Å²) in [7, 11) is 0. The van der Waals surface area contributed by atoms with E-state index in [0.29, 0.717) is 49.5 Å². The minimum Gasteiger partial charge on any atom is -0.481 e. The van der Waals surface area contributed by atoms with Crippen molar-refractivity contribution in [2.24, 2.45) is 5.92 Å². The van der Waals surface area contributed by atoms with E-state index >= 15 is 0 Å². The van der Waals surface area contributed by atoms with Crippen LogP contribution in [0, 0.1) is 5.92 Å². The third kappa shape index (κ3) is 5.61. The number of carbonyl (C=O) groups is 2. The molecule has 0 unspecified atom stereocenters. The molecule has 0 aliphatic carbocycles. The predicted octanol–water partition coefficient (Wildman–Crippen LogP) is 1.38. The number of nitrogens with one attached hydrogen (secondary N) is 1. The molecule has 1 saturated heterocycles. The monoisotopic (exact) mass is 404 g/mol. The molecule has 2 aromatic rings. The van der Waals surface area contributed by atoms with Gasteiger partial charge in [0.15, 0.2) is 0 Å². The average Bonchev–Trinajstić information content (AvgIpc) is 2.70. The van der Waals surface area contributed by atoms with Gasteiger partial charge in [-0.15, -0.1) is 0 Å². The molecule has 1 aliphatic heterocycles. The molecule has 1 fully saturated rings. The third-order valence-electron chi connectivity index (χ3n) is 4.48. The molecule has 0 bridgehead atoms. The Hall–Kier alpha value is -2.78. The van der Waals surface area contributed by atoms with Crippen molar-refractivity contribution in [2.75, 3.05) is 42.9 Å². The number of amides is 1. The third-order valence-corrected chi connectivity index (χ3v) is 4.70. The van der Waals surface area contributed by atoms with E-state index in [9.17, 15) is 14.7 Å². The second kappa shape index (κ2) is 9.43. The first kappa shape index (κ1) is 20.0. The van der Waals surface area contributed by atoms with Crippen molar-refractivity contribution in [3.63, 3.8) is 0 Å². The highest BCUT2D eigenvalue weighted by Crippen LogP contribution is 2.15. The van der Waals surface area contributed by atoms with Crippen molar-refractivity contribution in [1.29, 1.82) is 0 Å². The van der Waals surface area contributed by atoms with Crippen LogP contribution >= 0.6 is 11.6 Å². The van der Waals surface area contributed by atoms with Crippen LogP contribution in [-0.2, 0) is 9.59 Å². The van der Waals surface area contributed by atoms with Crippen LogP contribution in [0.5, 0.6) is 0 Å². The summed E-state index contributed by atoms with van der Waals surface area (Å²) in [6, 6.07) is 4.94. The maximum Gasteiger partial charge on any atom is 0.308 e. The SMILES string of the molecule is O=C(C[C@@H](CN1CCN(c2ncccn2)CC1)C(=O)O)Nc1ccc(Cl)nc1. The zero-order valence-corrected chi connectivity index (χ0v) is 15.9. The lowest BCUT2D eigenvalue weighted by Crippen LogP contribution is -2.49. The number of aliphatic carboxylic acids is 1. The van der Waals surface area contributed by atoms with Gasteiger partial charge >= 0.3 is 5.97 Å². The van der Waals surface area contributed by atoms with Gasteiger partial charge in [0.05, 0.1) is 17.8 Å². The van der Waals surface area contributed by atoms with Crippen molar-refractivity contribution in [3.05, 3.63) is 41.9 Å². The molecule has 3 rings (SSSR count). The Labute approximate surface area is 167 Å². The first-order valence-corrected chi connectivity index (χ1v) is 9.27. The molecule has 2 aromatic heterocycles. The predicted molar refractivity (Wildman–Crippen MR) is 104 cm³/mol. The highest BCUT2D eigenvalue weighted by molar-refractivity contribution is 6.29. The van der Waals surface area contributed by atoms with E-state index in [-0.39, 0.29) is 12.3 Å². The molecule has 0 aromatic carbocycles. The highest BCUT2D eigenvalue weighted by Gasteiger charge is 2.27. The molecule has 9 nitrogen and oxygen atoms in total. The zero-order valence-electron chi connectivity index (χ0n) is 15.2. The van der Waals surface area contributed by atoms with Gasteiger partial charge < -0.3 is 15.3 Å². The number of anilines is 2. The van der Waals surface area contributed by atoms with Crippen LogP contribution in [0.15, 0.2) is 36.8 Å². The molecule has 0 spiro atoms. The lowest BCUT2D eigenvalue weighted by molar-refractivity contribution is -0.144. The van der Waals surface area contributed by atoms with Gasteiger partial charge in [0.1, 0.15) is 5.15 Å². The molecule has 148 valence electrons. The maximum atomic E-state index is 12.2. The number of carboxylic acid groups (broad SMARTS) is 1. The smallest absolute Gasteiger partial charge is 0.308 e. The van der Waals surface area contributed by atoms with Gasteiger partial charge in [-0.05, 0) is 18.2 Å². The van der Waals surface area contributed by atoms with Gasteiger partial charge in [-0.2, -0.15) is 0 Å². The average molecular weight is 405 g/mol. The summed E-state index contributed by atoms with van der Waals surface area (Å²) >= 11 is 5.71. The molecule has 1 aliphatic rings. The molecule has 1 atom stereocenters. The topological polar surface area (TPSA) is 112 Å². The second-order valence-electron chi connectivity index (χ2n) is 6.49. The van der Waals surface area contributed by atoms with E-state index in [2.05, 4.69) is 30.1 Å². The van der Waals surface area contributed by atoms with Crippen LogP contribution in [0.2, 0.25) is 5.15 Å². The minimum absolute atomic E-state index is 0.111. The van der Waals surface area contributed by atoms with Crippen molar-refractivity contribution in [1.82, 2.24) is 19.9 Å². The van der Waals surface area contributed by atoms with Crippen molar-refractivity contribution in [2.45, 2.75) is 6.42 Å². The number of carbonyl (C=O) groups excluding carboxylic acids is 1. The lowest BCUT2D eigenvalue weighted by atomic mass is 10.0. The number of hydrogen-bond donors (Lipinski definition) is 2. The second-order valence-corrected chi connectivity index (χ2v) is 6.88. The minimum atomic E-state index is -0.988. The molecule has 3 heterocycles. The van der Waals surface area contributed by atoms with Crippen LogP contribution in [0.1, 0.15) is 6.42 Å². The summed E-state index contributed by atoms with van der Waals surface area (Å²) in [5, 5.41) is 12.5. The Kier molecular flexibility index (Phi) is 6.72. The number of carboxylic acids is 1. The summed E-state index contributed by atoms with van der Waals surface area (Å²) in [6.07, 6.45) is 4.72. The molecular weight excluding hydrogens is 384 g/mol. The highest BCUT2D eigenvalue weighted by atomic mass is 35.5. The number of rotatable bonds is 7. The summed E-state index contributed by atoms with van der Waals surface area (Å²) in [5.41, 5.74) is 0.481. The zero-order chi connectivity index (χ0) is 19.9. The summed E-state index contributed by atoms with van der Waals surface area (Å²) < 4.78 is 0. The van der Waals surface area contributed by atoms with Gasteiger partial charge in [-0.1, -0.05) is 11.6 Å². The quantitative estimate of drug-likeness (QED) is 0.665. The molecular formula is C18H21ClN6O3. The largest absolute Gasteiger partial charge is 0.481 e. The fourth-order valence-corrected chi connectivity index (χ4v) is 3.12. The Bertz CT molecular complexity index is 797. The standard InChI is InChI=1S/C18H21ClN6O3/c19-15-3-2-14(11-22-15)23-16(26)10-13(17(27)28)12-24-6-8-25(9-7-24)18-20-4-1-5-21-18/h1-5,11,13H,6-10,12H2,(H,23,26)(H,27,28)/t13-/m0/s1. The Morgan fingerprint density at radius 3 is 2.46 bits per heavy atom. The van der Waals surface area contributed by atoms with E-state index in [4.69, 9.17) is 11.6 Å². The van der Waals surface area contributed by atoms with Crippen LogP contribution in [-0.4, -0.2) is 69.6 Å². The van der Waals surface area contributed by atoms with E-state index in [0.717, 1.165) is 0 Å². The summed E-state index contributed by atoms with van der Waals surface area (Å²) in [4.78, 5) is 40.3. The fourth-order valence-electron chi connectivity index (χ4n) is 3.01. The summed E-state index contributed by atoms with van der Waals surface area (Å²) in [5.74, 6) is -1.47. The lowest BCUT2D eigenvalue weighted by Gasteiger charge is -2.35. The van der Waals surface area contributed by atoms with Crippen LogP contribution in [0.4, 0.5) is 11.6 Å². The molecule has 10 heteroatoms. The van der Waals surface area contributed by atoms with Crippen molar-refractivity contribution < 1.29 is 14.7 Å². The number of piperazine rings is 1. The van der Waals surface area contributed by atoms with Gasteiger partial charge in [0.2, 0.25) is 11.9 Å². The van der Waals surface area contributed by atoms with Crippen LogP contribution < -0.4 is 10.2 Å². The van der Waals surface area contributed by atoms with E-state index in [1.807, 2.05) is 0 Å². The van der Waals surface area contributed by atoms with Crippen LogP contribution in [0.25, 0.3) is 0 Å².